The SMILES string of the molecule is Cc1ccc(C2CCCC(O)O2)cc1. The van der Waals surface area contributed by atoms with Gasteiger partial charge in [0.15, 0.2) is 6.29 Å². The van der Waals surface area contributed by atoms with Crippen LogP contribution in [0.4, 0.5) is 0 Å². The Balaban J connectivity index is 2.10. The highest BCUT2D eigenvalue weighted by Crippen LogP contribution is 2.30. The lowest BCUT2D eigenvalue weighted by Crippen LogP contribution is -2.21. The molecule has 1 aliphatic heterocycles. The number of aliphatic hydroxyl groups excluding tert-OH is 1. The maximum atomic E-state index is 9.37. The smallest absolute Gasteiger partial charge is 0.155 e. The first kappa shape index (κ1) is 9.69. The molecule has 0 aromatic heterocycles. The van der Waals surface area contributed by atoms with Gasteiger partial charge in [0.25, 0.3) is 0 Å². The number of rotatable bonds is 1. The van der Waals surface area contributed by atoms with E-state index in [0.29, 0.717) is 0 Å². The minimum atomic E-state index is -0.574. The minimum absolute atomic E-state index is 0.0827. The van der Waals surface area contributed by atoms with Crippen molar-refractivity contribution >= 4 is 0 Å². The zero-order valence-corrected chi connectivity index (χ0v) is 8.44. The van der Waals surface area contributed by atoms with E-state index in [2.05, 4.69) is 31.2 Å². The number of hydrogen-bond donors (Lipinski definition) is 1. The molecule has 0 radical (unpaired) electrons. The van der Waals surface area contributed by atoms with Crippen molar-refractivity contribution in [3.8, 4) is 0 Å². The predicted molar refractivity (Wildman–Crippen MR) is 54.9 cm³/mol. The first-order chi connectivity index (χ1) is 6.75. The molecule has 1 aromatic rings. The second kappa shape index (κ2) is 4.11. The van der Waals surface area contributed by atoms with Crippen LogP contribution in [-0.2, 0) is 4.74 Å². The number of aryl methyl sites for hydroxylation is 1. The lowest BCUT2D eigenvalue weighted by atomic mass is 10.00. The van der Waals surface area contributed by atoms with Gasteiger partial charge in [-0.15, -0.1) is 0 Å². The van der Waals surface area contributed by atoms with Crippen molar-refractivity contribution in [3.63, 3.8) is 0 Å². The fraction of sp³-hybridized carbons (Fsp3) is 0.500. The van der Waals surface area contributed by atoms with E-state index in [1.807, 2.05) is 0 Å². The Morgan fingerprint density at radius 1 is 1.21 bits per heavy atom. The van der Waals surface area contributed by atoms with Gasteiger partial charge in [0, 0.05) is 0 Å². The molecule has 76 valence electrons. The van der Waals surface area contributed by atoms with Crippen LogP contribution in [0.3, 0.4) is 0 Å². The Kier molecular flexibility index (Phi) is 2.85. The normalized spacial score (nSPS) is 27.6. The van der Waals surface area contributed by atoms with Crippen molar-refractivity contribution in [1.29, 1.82) is 0 Å². The van der Waals surface area contributed by atoms with Gasteiger partial charge in [0.05, 0.1) is 6.10 Å². The second-order valence-electron chi connectivity index (χ2n) is 3.92. The molecule has 14 heavy (non-hydrogen) atoms. The molecule has 0 bridgehead atoms. The predicted octanol–water partition coefficient (Wildman–Crippen LogP) is 2.56. The molecule has 2 rings (SSSR count). The van der Waals surface area contributed by atoms with E-state index < -0.39 is 6.29 Å². The fourth-order valence-corrected chi connectivity index (χ4v) is 1.83. The van der Waals surface area contributed by atoms with Gasteiger partial charge in [0.1, 0.15) is 0 Å². The van der Waals surface area contributed by atoms with Gasteiger partial charge in [-0.3, -0.25) is 0 Å². The molecule has 1 N–H and O–H groups in total. The van der Waals surface area contributed by atoms with Gasteiger partial charge in [-0.1, -0.05) is 29.8 Å². The lowest BCUT2D eigenvalue weighted by Gasteiger charge is -2.27. The van der Waals surface area contributed by atoms with Crippen LogP contribution < -0.4 is 0 Å². The third-order valence-corrected chi connectivity index (χ3v) is 2.69. The van der Waals surface area contributed by atoms with Gasteiger partial charge in [-0.05, 0) is 31.7 Å². The van der Waals surface area contributed by atoms with Crippen molar-refractivity contribution in [2.75, 3.05) is 0 Å². The van der Waals surface area contributed by atoms with E-state index in [-0.39, 0.29) is 6.10 Å². The van der Waals surface area contributed by atoms with Crippen molar-refractivity contribution in [1.82, 2.24) is 0 Å². The van der Waals surface area contributed by atoms with Gasteiger partial charge >= 0.3 is 0 Å². The van der Waals surface area contributed by atoms with E-state index in [9.17, 15) is 5.11 Å². The van der Waals surface area contributed by atoms with E-state index in [0.717, 1.165) is 19.3 Å². The summed E-state index contributed by atoms with van der Waals surface area (Å²) in [7, 11) is 0. The van der Waals surface area contributed by atoms with Crippen LogP contribution in [0, 0.1) is 6.92 Å². The molecule has 1 fully saturated rings. The Morgan fingerprint density at radius 2 is 1.93 bits per heavy atom. The van der Waals surface area contributed by atoms with Gasteiger partial charge < -0.3 is 9.84 Å². The molecular formula is C12H16O2. The number of benzene rings is 1. The summed E-state index contributed by atoms with van der Waals surface area (Å²) in [5.41, 5.74) is 2.43. The average Bonchev–Trinajstić information content (AvgIpc) is 2.19. The molecule has 2 unspecified atom stereocenters. The van der Waals surface area contributed by atoms with Crippen molar-refractivity contribution in [3.05, 3.63) is 35.4 Å². The number of hydrogen-bond acceptors (Lipinski definition) is 2. The summed E-state index contributed by atoms with van der Waals surface area (Å²) in [6.07, 6.45) is 2.33. The van der Waals surface area contributed by atoms with Gasteiger partial charge in [0.2, 0.25) is 0 Å². The molecule has 1 heterocycles. The summed E-state index contributed by atoms with van der Waals surface area (Å²) in [5.74, 6) is 0. The Bertz CT molecular complexity index is 292. The van der Waals surface area contributed by atoms with Crippen LogP contribution >= 0.6 is 0 Å². The maximum absolute atomic E-state index is 9.37. The largest absolute Gasteiger partial charge is 0.368 e. The summed E-state index contributed by atoms with van der Waals surface area (Å²) in [6, 6.07) is 8.33. The highest BCUT2D eigenvalue weighted by molar-refractivity contribution is 5.23. The zero-order valence-electron chi connectivity index (χ0n) is 8.44. The molecule has 2 heteroatoms. The molecular weight excluding hydrogens is 176 g/mol. The van der Waals surface area contributed by atoms with Crippen LogP contribution in [0.15, 0.2) is 24.3 Å². The summed E-state index contributed by atoms with van der Waals surface area (Å²) < 4.78 is 5.47. The van der Waals surface area contributed by atoms with Crippen molar-refractivity contribution in [2.24, 2.45) is 0 Å². The first-order valence-corrected chi connectivity index (χ1v) is 5.16. The Labute approximate surface area is 84.5 Å². The van der Waals surface area contributed by atoms with E-state index in [4.69, 9.17) is 4.74 Å². The Morgan fingerprint density at radius 3 is 2.57 bits per heavy atom. The lowest BCUT2D eigenvalue weighted by molar-refractivity contribution is -0.164. The summed E-state index contributed by atoms with van der Waals surface area (Å²) in [4.78, 5) is 0. The van der Waals surface area contributed by atoms with Gasteiger partial charge in [-0.2, -0.15) is 0 Å². The number of aliphatic hydroxyl groups is 1. The summed E-state index contributed by atoms with van der Waals surface area (Å²) >= 11 is 0. The van der Waals surface area contributed by atoms with Crippen LogP contribution in [0.25, 0.3) is 0 Å². The van der Waals surface area contributed by atoms with Gasteiger partial charge in [-0.25, -0.2) is 0 Å². The van der Waals surface area contributed by atoms with Crippen molar-refractivity contribution < 1.29 is 9.84 Å². The van der Waals surface area contributed by atoms with E-state index in [1.165, 1.54) is 11.1 Å². The topological polar surface area (TPSA) is 29.5 Å². The molecule has 0 spiro atoms. The highest BCUT2D eigenvalue weighted by Gasteiger charge is 2.21. The average molecular weight is 192 g/mol. The molecule has 1 aliphatic rings. The van der Waals surface area contributed by atoms with Crippen LogP contribution in [-0.4, -0.2) is 11.4 Å². The minimum Gasteiger partial charge on any atom is -0.368 e. The number of ether oxygens (including phenoxy) is 1. The molecule has 1 aromatic carbocycles. The maximum Gasteiger partial charge on any atom is 0.155 e. The zero-order chi connectivity index (χ0) is 9.97. The first-order valence-electron chi connectivity index (χ1n) is 5.16. The second-order valence-corrected chi connectivity index (χ2v) is 3.92. The van der Waals surface area contributed by atoms with Crippen LogP contribution in [0.1, 0.15) is 36.5 Å². The Hall–Kier alpha value is -0.860. The fourth-order valence-electron chi connectivity index (χ4n) is 1.83. The molecule has 1 saturated heterocycles. The summed E-state index contributed by atoms with van der Waals surface area (Å²) in [6.45, 7) is 2.07. The molecule has 2 nitrogen and oxygen atoms in total. The monoisotopic (exact) mass is 192 g/mol. The third-order valence-electron chi connectivity index (χ3n) is 2.69. The molecule has 0 amide bonds. The third kappa shape index (κ3) is 2.14. The van der Waals surface area contributed by atoms with Crippen LogP contribution in [0.5, 0.6) is 0 Å². The summed E-state index contributed by atoms with van der Waals surface area (Å²) in [5, 5.41) is 9.37. The standard InChI is InChI=1S/C12H16O2/c1-9-5-7-10(8-6-9)11-3-2-4-12(13)14-11/h5-8,11-13H,2-4H2,1H3. The van der Waals surface area contributed by atoms with Crippen LogP contribution in [0.2, 0.25) is 0 Å². The highest BCUT2D eigenvalue weighted by atomic mass is 16.6. The van der Waals surface area contributed by atoms with E-state index in [1.54, 1.807) is 0 Å². The van der Waals surface area contributed by atoms with Crippen molar-refractivity contribution in [2.45, 2.75) is 38.6 Å². The quantitative estimate of drug-likeness (QED) is 0.741. The van der Waals surface area contributed by atoms with E-state index >= 15 is 0 Å². The molecule has 0 aliphatic carbocycles. The molecule has 2 atom stereocenters. The molecule has 0 saturated carbocycles.